The molecule has 15 heteroatoms. The standard InChI is InChI=1S/C35H49N5O9S/c1-50(45,46)38-33(43)35-20-26(35)13-5-3-2-4-6-16-29(36-34(44)49-27-14-9-10-15-27)32(42)40-22-28(19-30(40)31(41)37-35)47-23-48-39-18-17-24-11-7-8-12-25(24)21-39/h5,7-8,11-13,26-30H,2-4,6,9-10,14-23H2,1H3,(H,36,44)(H,37,41)(H,38,43)/b13-5-/t26-,28-,29+,30+,35-/m1/s1. The molecule has 0 bridgehead atoms. The lowest BCUT2D eigenvalue weighted by Crippen LogP contribution is -2.58. The molecule has 4 amide bonds. The maximum absolute atomic E-state index is 14.3. The summed E-state index contributed by atoms with van der Waals surface area (Å²) >= 11 is 0. The molecule has 0 radical (unpaired) electrons. The number of carbonyl (C=O) groups is 4. The lowest BCUT2D eigenvalue weighted by Gasteiger charge is -2.30. The van der Waals surface area contributed by atoms with Crippen molar-refractivity contribution in [2.45, 2.75) is 113 Å². The summed E-state index contributed by atoms with van der Waals surface area (Å²) in [5.74, 6) is -2.26. The Hall–Kier alpha value is -3.53. The van der Waals surface area contributed by atoms with E-state index in [-0.39, 0.29) is 32.3 Å². The van der Waals surface area contributed by atoms with E-state index < -0.39 is 63.5 Å². The minimum atomic E-state index is -3.90. The van der Waals surface area contributed by atoms with E-state index in [4.69, 9.17) is 14.3 Å². The smallest absolute Gasteiger partial charge is 0.408 e. The summed E-state index contributed by atoms with van der Waals surface area (Å²) in [5.41, 5.74) is 0.991. The van der Waals surface area contributed by atoms with Crippen LogP contribution in [-0.4, -0.2) is 98.2 Å². The Morgan fingerprint density at radius 1 is 1.02 bits per heavy atom. The van der Waals surface area contributed by atoms with Gasteiger partial charge in [-0.2, -0.15) is 5.06 Å². The van der Waals surface area contributed by atoms with Crippen LogP contribution in [0.4, 0.5) is 4.79 Å². The zero-order valence-electron chi connectivity index (χ0n) is 28.6. The molecule has 50 heavy (non-hydrogen) atoms. The number of hydroxylamine groups is 2. The summed E-state index contributed by atoms with van der Waals surface area (Å²) in [6.07, 6.45) is 11.3. The van der Waals surface area contributed by atoms with Gasteiger partial charge in [0, 0.05) is 32.0 Å². The van der Waals surface area contributed by atoms with E-state index in [1.807, 2.05) is 34.1 Å². The second kappa shape index (κ2) is 15.8. The quantitative estimate of drug-likeness (QED) is 0.268. The van der Waals surface area contributed by atoms with Crippen LogP contribution >= 0.6 is 0 Å². The SMILES string of the molecule is CS(=O)(=O)NC(=O)[C@@]12C[C@H]1/C=C\CCCCC[C@H](NC(=O)OC1CCCC1)C(=O)N1C[C@H](OCON3CCc4ccccc4C3)C[C@H]1C(=O)N2. The van der Waals surface area contributed by atoms with E-state index in [0.29, 0.717) is 32.4 Å². The topological polar surface area (TPSA) is 173 Å². The van der Waals surface area contributed by atoms with Gasteiger partial charge >= 0.3 is 6.09 Å². The summed E-state index contributed by atoms with van der Waals surface area (Å²) in [7, 11) is -3.90. The van der Waals surface area contributed by atoms with Crippen molar-refractivity contribution in [2.24, 2.45) is 5.92 Å². The molecule has 5 aliphatic rings. The lowest BCUT2D eigenvalue weighted by atomic mass is 10.0. The molecular formula is C35H49N5O9S. The Morgan fingerprint density at radius 3 is 2.56 bits per heavy atom. The number of rotatable bonds is 8. The van der Waals surface area contributed by atoms with E-state index >= 15 is 0 Å². The average Bonchev–Trinajstić information content (AvgIpc) is 3.36. The molecule has 3 aliphatic heterocycles. The fourth-order valence-corrected chi connectivity index (χ4v) is 8.09. The number of nitrogens with one attached hydrogen (secondary N) is 3. The Labute approximate surface area is 293 Å². The van der Waals surface area contributed by atoms with Crippen LogP contribution in [0.3, 0.4) is 0 Å². The highest BCUT2D eigenvalue weighted by atomic mass is 32.2. The predicted molar refractivity (Wildman–Crippen MR) is 181 cm³/mol. The maximum Gasteiger partial charge on any atom is 0.408 e. The summed E-state index contributed by atoms with van der Waals surface area (Å²) in [4.78, 5) is 62.0. The predicted octanol–water partition coefficient (Wildman–Crippen LogP) is 2.43. The lowest BCUT2D eigenvalue weighted by molar-refractivity contribution is -0.241. The van der Waals surface area contributed by atoms with E-state index in [0.717, 1.165) is 51.2 Å². The summed E-state index contributed by atoms with van der Waals surface area (Å²) in [6, 6.07) is 6.21. The molecule has 1 aromatic carbocycles. The molecule has 0 unspecified atom stereocenters. The molecule has 1 saturated heterocycles. The highest BCUT2D eigenvalue weighted by molar-refractivity contribution is 7.89. The highest BCUT2D eigenvalue weighted by Crippen LogP contribution is 2.45. The van der Waals surface area contributed by atoms with Crippen LogP contribution < -0.4 is 15.4 Å². The summed E-state index contributed by atoms with van der Waals surface area (Å²) in [6.45, 7) is 1.27. The van der Waals surface area contributed by atoms with Crippen molar-refractivity contribution >= 4 is 33.8 Å². The van der Waals surface area contributed by atoms with Crippen molar-refractivity contribution in [3.63, 3.8) is 0 Å². The summed E-state index contributed by atoms with van der Waals surface area (Å²) < 4.78 is 37.8. The van der Waals surface area contributed by atoms with Gasteiger partial charge in [0.25, 0.3) is 5.91 Å². The van der Waals surface area contributed by atoms with Gasteiger partial charge in [-0.25, -0.2) is 13.2 Å². The van der Waals surface area contributed by atoms with E-state index in [2.05, 4.69) is 22.8 Å². The second-order valence-corrected chi connectivity index (χ2v) is 16.0. The fourth-order valence-electron chi connectivity index (χ4n) is 7.58. The minimum Gasteiger partial charge on any atom is -0.446 e. The molecule has 0 spiro atoms. The Morgan fingerprint density at radius 2 is 1.78 bits per heavy atom. The largest absolute Gasteiger partial charge is 0.446 e. The van der Waals surface area contributed by atoms with Gasteiger partial charge in [0.15, 0.2) is 6.79 Å². The van der Waals surface area contributed by atoms with Gasteiger partial charge in [0.2, 0.25) is 21.8 Å². The zero-order valence-corrected chi connectivity index (χ0v) is 29.5. The second-order valence-electron chi connectivity index (χ2n) is 14.2. The average molecular weight is 716 g/mol. The first-order chi connectivity index (χ1) is 24.0. The molecule has 6 rings (SSSR count). The van der Waals surface area contributed by atoms with Gasteiger partial charge in [-0.05, 0) is 68.9 Å². The molecule has 2 aliphatic carbocycles. The van der Waals surface area contributed by atoms with Crippen molar-refractivity contribution in [1.29, 1.82) is 0 Å². The number of fused-ring (bicyclic) bond motifs is 3. The van der Waals surface area contributed by atoms with Crippen molar-refractivity contribution in [3.8, 4) is 0 Å². The van der Waals surface area contributed by atoms with Crippen LogP contribution in [0, 0.1) is 5.92 Å². The fraction of sp³-hybridized carbons (Fsp3) is 0.657. The molecule has 14 nitrogen and oxygen atoms in total. The molecule has 3 heterocycles. The van der Waals surface area contributed by atoms with Crippen LogP contribution in [0.1, 0.15) is 81.8 Å². The van der Waals surface area contributed by atoms with Crippen molar-refractivity contribution < 1.29 is 41.9 Å². The first-order valence-corrected chi connectivity index (χ1v) is 19.7. The third-order valence-electron chi connectivity index (χ3n) is 10.4. The van der Waals surface area contributed by atoms with Crippen molar-refractivity contribution in [3.05, 3.63) is 47.5 Å². The number of amides is 4. The number of nitrogens with zero attached hydrogens (tertiary/aromatic N) is 2. The van der Waals surface area contributed by atoms with E-state index in [1.54, 1.807) is 0 Å². The number of allylic oxidation sites excluding steroid dienone is 1. The number of hydrogen-bond acceptors (Lipinski definition) is 10. The molecule has 5 atom stereocenters. The minimum absolute atomic E-state index is 0.0604. The molecular weight excluding hydrogens is 666 g/mol. The third-order valence-corrected chi connectivity index (χ3v) is 11.0. The monoisotopic (exact) mass is 715 g/mol. The van der Waals surface area contributed by atoms with Crippen molar-refractivity contribution in [2.75, 3.05) is 26.1 Å². The number of benzene rings is 1. The van der Waals surface area contributed by atoms with Crippen LogP contribution in [0.25, 0.3) is 0 Å². The van der Waals surface area contributed by atoms with Gasteiger partial charge in [-0.1, -0.05) is 49.3 Å². The first-order valence-electron chi connectivity index (χ1n) is 17.9. The normalized spacial score (nSPS) is 30.1. The van der Waals surface area contributed by atoms with Gasteiger partial charge in [-0.3, -0.25) is 23.9 Å². The van der Waals surface area contributed by atoms with E-state index in [1.165, 1.54) is 16.0 Å². The van der Waals surface area contributed by atoms with Gasteiger partial charge < -0.3 is 25.0 Å². The van der Waals surface area contributed by atoms with E-state index in [9.17, 15) is 27.6 Å². The third kappa shape index (κ3) is 9.03. The number of sulfonamides is 1. The number of carbonyl (C=O) groups excluding carboxylic acids is 4. The van der Waals surface area contributed by atoms with Crippen molar-refractivity contribution in [1.82, 2.24) is 25.3 Å². The Kier molecular flexibility index (Phi) is 11.5. The molecule has 1 aromatic rings. The van der Waals surface area contributed by atoms with Gasteiger partial charge in [0.1, 0.15) is 23.7 Å². The first kappa shape index (κ1) is 36.3. The number of ether oxygens (including phenoxy) is 2. The van der Waals surface area contributed by atoms with Crippen LogP contribution in [0.2, 0.25) is 0 Å². The van der Waals surface area contributed by atoms with Gasteiger partial charge in [-0.15, -0.1) is 0 Å². The Bertz CT molecular complexity index is 1560. The summed E-state index contributed by atoms with van der Waals surface area (Å²) in [5, 5.41) is 7.45. The molecule has 3 fully saturated rings. The Balaban J connectivity index is 1.18. The van der Waals surface area contributed by atoms with Crippen LogP contribution in [-0.2, 0) is 51.7 Å². The number of alkyl carbamates (subject to hydrolysis) is 1. The molecule has 2 saturated carbocycles. The maximum atomic E-state index is 14.3. The molecule has 3 N–H and O–H groups in total. The molecule has 274 valence electrons. The van der Waals surface area contributed by atoms with Crippen LogP contribution in [0.5, 0.6) is 0 Å². The number of hydrogen-bond donors (Lipinski definition) is 3. The van der Waals surface area contributed by atoms with Crippen LogP contribution in [0.15, 0.2) is 36.4 Å². The zero-order chi connectivity index (χ0) is 35.3. The van der Waals surface area contributed by atoms with Gasteiger partial charge in [0.05, 0.1) is 12.4 Å². The highest BCUT2D eigenvalue weighted by Gasteiger charge is 2.61. The molecule has 0 aromatic heterocycles.